The van der Waals surface area contributed by atoms with Gasteiger partial charge in [0.05, 0.1) is 17.9 Å². The number of amides is 1. The van der Waals surface area contributed by atoms with E-state index >= 15 is 0 Å². The highest BCUT2D eigenvalue weighted by molar-refractivity contribution is 9.10. The van der Waals surface area contributed by atoms with Crippen LogP contribution in [0, 0.1) is 5.82 Å². The van der Waals surface area contributed by atoms with Crippen molar-refractivity contribution in [2.75, 3.05) is 18.1 Å². The monoisotopic (exact) mass is 349 g/mol. The Morgan fingerprint density at radius 2 is 2.05 bits per heavy atom. The molecule has 0 radical (unpaired) electrons. The Morgan fingerprint density at radius 1 is 1.24 bits per heavy atom. The van der Waals surface area contributed by atoms with E-state index in [0.29, 0.717) is 28.9 Å². The molecule has 0 bridgehead atoms. The molecule has 0 saturated carbocycles. The average Bonchev–Trinajstić information content (AvgIpc) is 2.69. The number of fused-ring (bicyclic) bond motifs is 1. The van der Waals surface area contributed by atoms with Crippen molar-refractivity contribution in [3.05, 3.63) is 58.3 Å². The summed E-state index contributed by atoms with van der Waals surface area (Å²) in [6.07, 6.45) is 0.749. The molecule has 0 spiro atoms. The van der Waals surface area contributed by atoms with E-state index < -0.39 is 0 Å². The van der Waals surface area contributed by atoms with E-state index in [4.69, 9.17) is 4.74 Å². The SMILES string of the molecule is O=C(c1ccc(F)cc1Br)N1CCCOc2ccccc21. The van der Waals surface area contributed by atoms with Crippen LogP contribution < -0.4 is 9.64 Å². The molecule has 1 aliphatic heterocycles. The van der Waals surface area contributed by atoms with Gasteiger partial charge in [0.15, 0.2) is 0 Å². The van der Waals surface area contributed by atoms with Gasteiger partial charge in [-0.3, -0.25) is 4.79 Å². The van der Waals surface area contributed by atoms with E-state index in [1.54, 1.807) is 4.90 Å². The minimum atomic E-state index is -0.377. The van der Waals surface area contributed by atoms with E-state index in [1.807, 2.05) is 24.3 Å². The summed E-state index contributed by atoms with van der Waals surface area (Å²) in [7, 11) is 0. The topological polar surface area (TPSA) is 29.5 Å². The van der Waals surface area contributed by atoms with Gasteiger partial charge >= 0.3 is 0 Å². The maximum Gasteiger partial charge on any atom is 0.259 e. The first-order valence-corrected chi connectivity index (χ1v) is 7.45. The highest BCUT2D eigenvalue weighted by Crippen LogP contribution is 2.32. The number of carbonyl (C=O) groups excluding carboxylic acids is 1. The first-order chi connectivity index (χ1) is 10.2. The van der Waals surface area contributed by atoms with Crippen molar-refractivity contribution in [3.63, 3.8) is 0 Å². The number of benzene rings is 2. The summed E-state index contributed by atoms with van der Waals surface area (Å²) in [5.74, 6) is 0.152. The molecule has 0 saturated heterocycles. The van der Waals surface area contributed by atoms with Crippen LogP contribution in [0.3, 0.4) is 0 Å². The third-order valence-corrected chi connectivity index (χ3v) is 4.00. The van der Waals surface area contributed by atoms with E-state index in [9.17, 15) is 9.18 Å². The van der Waals surface area contributed by atoms with Gasteiger partial charge in [0.2, 0.25) is 0 Å². The smallest absolute Gasteiger partial charge is 0.259 e. The lowest BCUT2D eigenvalue weighted by Crippen LogP contribution is -2.31. The summed E-state index contributed by atoms with van der Waals surface area (Å²) in [5.41, 5.74) is 1.18. The largest absolute Gasteiger partial charge is 0.491 e. The zero-order chi connectivity index (χ0) is 14.8. The fourth-order valence-corrected chi connectivity index (χ4v) is 2.87. The maximum absolute atomic E-state index is 13.2. The number of hydrogen-bond acceptors (Lipinski definition) is 2. The molecule has 1 heterocycles. The van der Waals surface area contributed by atoms with Gasteiger partial charge in [0, 0.05) is 11.0 Å². The normalized spacial score (nSPS) is 14.1. The minimum absolute atomic E-state index is 0.167. The molecular formula is C16H13BrFNO2. The average molecular weight is 350 g/mol. The second-order valence-electron chi connectivity index (χ2n) is 4.75. The van der Waals surface area contributed by atoms with Crippen molar-refractivity contribution in [1.29, 1.82) is 0 Å². The zero-order valence-corrected chi connectivity index (χ0v) is 12.8. The van der Waals surface area contributed by atoms with Crippen molar-refractivity contribution in [3.8, 4) is 5.75 Å². The highest BCUT2D eigenvalue weighted by atomic mass is 79.9. The Bertz CT molecular complexity index is 690. The van der Waals surface area contributed by atoms with Crippen molar-refractivity contribution in [2.24, 2.45) is 0 Å². The number of nitrogens with zero attached hydrogens (tertiary/aromatic N) is 1. The Labute approximate surface area is 130 Å². The molecule has 1 amide bonds. The number of carbonyl (C=O) groups is 1. The molecule has 3 nitrogen and oxygen atoms in total. The summed E-state index contributed by atoms with van der Waals surface area (Å²) in [5, 5.41) is 0. The van der Waals surface area contributed by atoms with Crippen LogP contribution in [0.4, 0.5) is 10.1 Å². The van der Waals surface area contributed by atoms with Crippen molar-refractivity contribution in [2.45, 2.75) is 6.42 Å². The molecule has 0 aliphatic carbocycles. The van der Waals surface area contributed by atoms with Crippen molar-refractivity contribution < 1.29 is 13.9 Å². The molecule has 1 aliphatic rings. The van der Waals surface area contributed by atoms with E-state index in [-0.39, 0.29) is 11.7 Å². The third kappa shape index (κ3) is 2.78. The molecule has 2 aromatic rings. The van der Waals surface area contributed by atoms with Crippen LogP contribution in [0.15, 0.2) is 46.9 Å². The van der Waals surface area contributed by atoms with E-state index in [2.05, 4.69) is 15.9 Å². The standard InChI is InChI=1S/C16H13BrFNO2/c17-13-10-11(18)6-7-12(13)16(20)19-8-3-9-21-15-5-2-1-4-14(15)19/h1-2,4-7,10H,3,8-9H2. The van der Waals surface area contributed by atoms with Crippen molar-refractivity contribution in [1.82, 2.24) is 0 Å². The van der Waals surface area contributed by atoms with Gasteiger partial charge in [-0.25, -0.2) is 4.39 Å². The fourth-order valence-electron chi connectivity index (χ4n) is 2.35. The summed E-state index contributed by atoms with van der Waals surface area (Å²) in [4.78, 5) is 14.4. The Balaban J connectivity index is 2.01. The molecule has 0 fully saturated rings. The lowest BCUT2D eigenvalue weighted by molar-refractivity contribution is 0.0986. The second kappa shape index (κ2) is 5.85. The van der Waals surface area contributed by atoms with Gasteiger partial charge in [0.25, 0.3) is 5.91 Å². The van der Waals surface area contributed by atoms with Gasteiger partial charge in [0.1, 0.15) is 11.6 Å². The molecule has 5 heteroatoms. The summed E-state index contributed by atoms with van der Waals surface area (Å²) < 4.78 is 19.3. The number of para-hydroxylation sites is 2. The zero-order valence-electron chi connectivity index (χ0n) is 11.2. The molecule has 2 aromatic carbocycles. The van der Waals surface area contributed by atoms with Crippen LogP contribution >= 0.6 is 15.9 Å². The Morgan fingerprint density at radius 3 is 2.86 bits per heavy atom. The molecule has 0 aromatic heterocycles. The molecule has 21 heavy (non-hydrogen) atoms. The van der Waals surface area contributed by atoms with Crippen LogP contribution in [-0.2, 0) is 0 Å². The lowest BCUT2D eigenvalue weighted by atomic mass is 10.1. The van der Waals surface area contributed by atoms with Gasteiger partial charge in [-0.15, -0.1) is 0 Å². The van der Waals surface area contributed by atoms with Gasteiger partial charge in [-0.05, 0) is 52.7 Å². The Hall–Kier alpha value is -1.88. The number of hydrogen-bond donors (Lipinski definition) is 0. The van der Waals surface area contributed by atoms with Crippen molar-refractivity contribution >= 4 is 27.5 Å². The number of anilines is 1. The molecule has 3 rings (SSSR count). The van der Waals surface area contributed by atoms with Crippen LogP contribution in [0.2, 0.25) is 0 Å². The molecule has 108 valence electrons. The third-order valence-electron chi connectivity index (χ3n) is 3.35. The van der Waals surface area contributed by atoms with Crippen LogP contribution in [-0.4, -0.2) is 19.1 Å². The van der Waals surface area contributed by atoms with Crippen LogP contribution in [0.25, 0.3) is 0 Å². The molecule has 0 N–H and O–H groups in total. The van der Waals surface area contributed by atoms with Gasteiger partial charge < -0.3 is 9.64 Å². The number of ether oxygens (including phenoxy) is 1. The second-order valence-corrected chi connectivity index (χ2v) is 5.61. The van der Waals surface area contributed by atoms with E-state index in [0.717, 1.165) is 12.1 Å². The maximum atomic E-state index is 13.2. The summed E-state index contributed by atoms with van der Waals surface area (Å²) >= 11 is 3.26. The molecular weight excluding hydrogens is 337 g/mol. The van der Waals surface area contributed by atoms with Crippen LogP contribution in [0.5, 0.6) is 5.75 Å². The predicted octanol–water partition coefficient (Wildman–Crippen LogP) is 4.02. The minimum Gasteiger partial charge on any atom is -0.491 e. The van der Waals surface area contributed by atoms with Gasteiger partial charge in [-0.2, -0.15) is 0 Å². The summed E-state index contributed by atoms with van der Waals surface area (Å²) in [6, 6.07) is 11.5. The quantitative estimate of drug-likeness (QED) is 0.778. The predicted molar refractivity (Wildman–Crippen MR) is 82.3 cm³/mol. The molecule has 0 atom stereocenters. The van der Waals surface area contributed by atoms with Gasteiger partial charge in [-0.1, -0.05) is 12.1 Å². The summed E-state index contributed by atoms with van der Waals surface area (Å²) in [6.45, 7) is 1.14. The van der Waals surface area contributed by atoms with E-state index in [1.165, 1.54) is 18.2 Å². The first kappa shape index (κ1) is 14.1. The molecule has 0 unspecified atom stereocenters. The highest BCUT2D eigenvalue weighted by Gasteiger charge is 2.24. The number of rotatable bonds is 1. The lowest BCUT2D eigenvalue weighted by Gasteiger charge is -2.22. The Kier molecular flexibility index (Phi) is 3.92. The number of halogens is 2. The fraction of sp³-hybridized carbons (Fsp3) is 0.188. The van der Waals surface area contributed by atoms with Crippen LogP contribution in [0.1, 0.15) is 16.8 Å². The first-order valence-electron chi connectivity index (χ1n) is 6.65.